The molecule has 2 rings (SSSR count). The molecule has 0 aliphatic carbocycles. The highest BCUT2D eigenvalue weighted by atomic mass is 16.5. The number of esters is 1. The molecule has 0 aliphatic rings. The third-order valence-corrected chi connectivity index (χ3v) is 2.54. The molecule has 6 nitrogen and oxygen atoms in total. The summed E-state index contributed by atoms with van der Waals surface area (Å²) in [5, 5.41) is 13.3. The summed E-state index contributed by atoms with van der Waals surface area (Å²) in [6.45, 7) is 2.47. The highest BCUT2D eigenvalue weighted by molar-refractivity contribution is 5.92. The zero-order valence-electron chi connectivity index (χ0n) is 10.5. The highest BCUT2D eigenvalue weighted by Gasteiger charge is 2.15. The fourth-order valence-electron chi connectivity index (χ4n) is 1.66. The van der Waals surface area contributed by atoms with E-state index >= 15 is 0 Å². The molecule has 1 aromatic carbocycles. The van der Waals surface area contributed by atoms with E-state index in [1.54, 1.807) is 42.1 Å². The number of phenols is 1. The van der Waals surface area contributed by atoms with E-state index in [0.717, 1.165) is 5.56 Å². The van der Waals surface area contributed by atoms with Gasteiger partial charge in [0.05, 0.1) is 18.8 Å². The van der Waals surface area contributed by atoms with Crippen molar-refractivity contribution < 1.29 is 14.6 Å². The Balaban J connectivity index is 2.16. The van der Waals surface area contributed by atoms with Gasteiger partial charge in [0.1, 0.15) is 5.75 Å². The van der Waals surface area contributed by atoms with Gasteiger partial charge < -0.3 is 15.6 Å². The number of hydrogen-bond donors (Lipinski definition) is 2. The lowest BCUT2D eigenvalue weighted by atomic mass is 10.2. The fourth-order valence-corrected chi connectivity index (χ4v) is 1.66. The summed E-state index contributed by atoms with van der Waals surface area (Å²) in [4.78, 5) is 11.6. The van der Waals surface area contributed by atoms with Crippen LogP contribution >= 0.6 is 0 Å². The summed E-state index contributed by atoms with van der Waals surface area (Å²) in [5.41, 5.74) is 7.08. The Morgan fingerprint density at radius 1 is 1.42 bits per heavy atom. The normalized spacial score (nSPS) is 10.4. The topological polar surface area (TPSA) is 90.4 Å². The van der Waals surface area contributed by atoms with Crippen molar-refractivity contribution in [3.8, 4) is 5.75 Å². The number of anilines is 1. The molecule has 0 unspecified atom stereocenters. The molecule has 0 aliphatic heterocycles. The van der Waals surface area contributed by atoms with Crippen LogP contribution in [0.25, 0.3) is 0 Å². The average Bonchev–Trinajstić information content (AvgIpc) is 2.74. The molecule has 0 saturated heterocycles. The van der Waals surface area contributed by atoms with E-state index in [1.165, 1.54) is 0 Å². The molecule has 0 atom stereocenters. The number of nitrogens with two attached hydrogens (primary N) is 1. The molecule has 0 radical (unpaired) electrons. The molecule has 19 heavy (non-hydrogen) atoms. The molecule has 100 valence electrons. The molecule has 0 amide bonds. The fraction of sp³-hybridized carbons (Fsp3) is 0.231. The van der Waals surface area contributed by atoms with Crippen LogP contribution < -0.4 is 5.73 Å². The molecule has 2 aromatic rings. The first-order valence-electron chi connectivity index (χ1n) is 5.88. The number of aromatic nitrogens is 2. The number of carbonyl (C=O) groups excluding carboxylic acids is 1. The van der Waals surface area contributed by atoms with E-state index in [-0.39, 0.29) is 23.7 Å². The zero-order valence-corrected chi connectivity index (χ0v) is 10.5. The third-order valence-electron chi connectivity index (χ3n) is 2.54. The quantitative estimate of drug-likeness (QED) is 0.812. The van der Waals surface area contributed by atoms with Crippen molar-refractivity contribution >= 4 is 11.7 Å². The number of hydrogen-bond acceptors (Lipinski definition) is 5. The van der Waals surface area contributed by atoms with E-state index in [0.29, 0.717) is 6.54 Å². The summed E-state index contributed by atoms with van der Waals surface area (Å²) < 4.78 is 6.42. The highest BCUT2D eigenvalue weighted by Crippen LogP contribution is 2.14. The standard InChI is InChI=1S/C13H15N3O3/c1-2-19-13(18)12-11(14)8-16(15-12)7-9-3-5-10(17)6-4-9/h3-6,8,17H,2,7,14H2,1H3. The van der Waals surface area contributed by atoms with Crippen LogP contribution in [0, 0.1) is 0 Å². The van der Waals surface area contributed by atoms with Gasteiger partial charge in [-0.2, -0.15) is 5.10 Å². The Bertz CT molecular complexity index is 575. The largest absolute Gasteiger partial charge is 0.508 e. The maximum Gasteiger partial charge on any atom is 0.361 e. The average molecular weight is 261 g/mol. The molecule has 1 heterocycles. The van der Waals surface area contributed by atoms with Gasteiger partial charge in [-0.3, -0.25) is 4.68 Å². The van der Waals surface area contributed by atoms with E-state index in [1.807, 2.05) is 0 Å². The van der Waals surface area contributed by atoms with Crippen molar-refractivity contribution in [2.45, 2.75) is 13.5 Å². The molecule has 6 heteroatoms. The van der Waals surface area contributed by atoms with Crippen LogP contribution in [-0.4, -0.2) is 27.5 Å². The van der Waals surface area contributed by atoms with Gasteiger partial charge in [-0.05, 0) is 24.6 Å². The van der Waals surface area contributed by atoms with Crippen molar-refractivity contribution in [3.63, 3.8) is 0 Å². The first kappa shape index (κ1) is 12.9. The van der Waals surface area contributed by atoms with Gasteiger partial charge in [-0.15, -0.1) is 0 Å². The number of rotatable bonds is 4. The van der Waals surface area contributed by atoms with Gasteiger partial charge in [0.25, 0.3) is 0 Å². The van der Waals surface area contributed by atoms with Crippen molar-refractivity contribution in [2.75, 3.05) is 12.3 Å². The predicted molar refractivity (Wildman–Crippen MR) is 69.8 cm³/mol. The predicted octanol–water partition coefficient (Wildman–Crippen LogP) is 1.40. The van der Waals surface area contributed by atoms with E-state index in [9.17, 15) is 9.90 Å². The second-order valence-corrected chi connectivity index (χ2v) is 4.02. The van der Waals surface area contributed by atoms with E-state index < -0.39 is 5.97 Å². The van der Waals surface area contributed by atoms with Gasteiger partial charge in [-0.25, -0.2) is 4.79 Å². The molecule has 3 N–H and O–H groups in total. The molecule has 1 aromatic heterocycles. The van der Waals surface area contributed by atoms with E-state index in [4.69, 9.17) is 10.5 Å². The Labute approximate surface area is 110 Å². The number of aromatic hydroxyl groups is 1. The summed E-state index contributed by atoms with van der Waals surface area (Å²) >= 11 is 0. The lowest BCUT2D eigenvalue weighted by Gasteiger charge is -2.02. The first-order chi connectivity index (χ1) is 9.10. The van der Waals surface area contributed by atoms with Crippen LogP contribution in [0.3, 0.4) is 0 Å². The van der Waals surface area contributed by atoms with Crippen molar-refractivity contribution in [1.82, 2.24) is 9.78 Å². The van der Waals surface area contributed by atoms with Crippen molar-refractivity contribution in [3.05, 3.63) is 41.7 Å². The lowest BCUT2D eigenvalue weighted by molar-refractivity contribution is 0.0519. The minimum absolute atomic E-state index is 0.126. The number of nitrogens with zero attached hydrogens (tertiary/aromatic N) is 2. The Morgan fingerprint density at radius 2 is 2.11 bits per heavy atom. The molecule has 0 saturated carbocycles. The number of benzene rings is 1. The van der Waals surface area contributed by atoms with Crippen LogP contribution in [0.2, 0.25) is 0 Å². The van der Waals surface area contributed by atoms with Gasteiger partial charge >= 0.3 is 5.97 Å². The minimum atomic E-state index is -0.524. The summed E-state index contributed by atoms with van der Waals surface area (Å²) in [5.74, 6) is -0.319. The number of nitrogen functional groups attached to an aromatic ring is 1. The zero-order chi connectivity index (χ0) is 13.8. The van der Waals surface area contributed by atoms with Crippen LogP contribution in [0.15, 0.2) is 30.5 Å². The second kappa shape index (κ2) is 5.43. The first-order valence-corrected chi connectivity index (χ1v) is 5.88. The molecular weight excluding hydrogens is 246 g/mol. The van der Waals surface area contributed by atoms with Crippen molar-refractivity contribution in [2.24, 2.45) is 0 Å². The van der Waals surface area contributed by atoms with E-state index in [2.05, 4.69) is 5.10 Å². The maximum absolute atomic E-state index is 11.6. The molecule has 0 fully saturated rings. The molecule has 0 spiro atoms. The SMILES string of the molecule is CCOC(=O)c1nn(Cc2ccc(O)cc2)cc1N. The van der Waals surface area contributed by atoms with Crippen LogP contribution in [0.4, 0.5) is 5.69 Å². The molecular formula is C13H15N3O3. The third kappa shape index (κ3) is 3.04. The van der Waals surface area contributed by atoms with Crippen LogP contribution in [-0.2, 0) is 11.3 Å². The van der Waals surface area contributed by atoms with Gasteiger partial charge in [-0.1, -0.05) is 12.1 Å². The number of phenolic OH excluding ortho intramolecular Hbond substituents is 1. The summed E-state index contributed by atoms with van der Waals surface area (Å²) in [6, 6.07) is 6.73. The lowest BCUT2D eigenvalue weighted by Crippen LogP contribution is -2.09. The molecule has 0 bridgehead atoms. The Hall–Kier alpha value is -2.50. The van der Waals surface area contributed by atoms with Gasteiger partial charge in [0, 0.05) is 6.20 Å². The van der Waals surface area contributed by atoms with Crippen LogP contribution in [0.1, 0.15) is 23.0 Å². The minimum Gasteiger partial charge on any atom is -0.508 e. The van der Waals surface area contributed by atoms with Crippen molar-refractivity contribution in [1.29, 1.82) is 0 Å². The summed E-state index contributed by atoms with van der Waals surface area (Å²) in [6.07, 6.45) is 1.58. The monoisotopic (exact) mass is 261 g/mol. The van der Waals surface area contributed by atoms with Gasteiger partial charge in [0.15, 0.2) is 5.69 Å². The van der Waals surface area contributed by atoms with Gasteiger partial charge in [0.2, 0.25) is 0 Å². The summed E-state index contributed by atoms with van der Waals surface area (Å²) in [7, 11) is 0. The smallest absolute Gasteiger partial charge is 0.361 e. The Kier molecular flexibility index (Phi) is 3.70. The Morgan fingerprint density at radius 3 is 2.74 bits per heavy atom. The maximum atomic E-state index is 11.6. The number of carbonyl (C=O) groups is 1. The van der Waals surface area contributed by atoms with Crippen LogP contribution in [0.5, 0.6) is 5.75 Å². The number of ether oxygens (including phenoxy) is 1. The second-order valence-electron chi connectivity index (χ2n) is 4.02.